The van der Waals surface area contributed by atoms with Gasteiger partial charge in [0.05, 0.1) is 5.75 Å². The molecule has 1 aromatic heterocycles. The molecule has 0 spiro atoms. The van der Waals surface area contributed by atoms with E-state index in [1.807, 2.05) is 18.2 Å². The molecule has 15 heavy (non-hydrogen) atoms. The van der Waals surface area contributed by atoms with Crippen LogP contribution in [-0.4, -0.2) is 19.7 Å². The third-order valence-electron chi connectivity index (χ3n) is 2.15. The Bertz CT molecular complexity index is 601. The highest BCUT2D eigenvalue weighted by Crippen LogP contribution is 2.23. The number of halogens is 1. The van der Waals surface area contributed by atoms with E-state index in [-0.39, 0.29) is 5.75 Å². The summed E-state index contributed by atoms with van der Waals surface area (Å²) >= 11 is 3.36. The predicted octanol–water partition coefficient (Wildman–Crippen LogP) is 2.48. The third-order valence-corrected chi connectivity index (χ3v) is 3.48. The van der Waals surface area contributed by atoms with Gasteiger partial charge in [0, 0.05) is 27.8 Å². The van der Waals surface area contributed by atoms with Crippen molar-refractivity contribution in [2.45, 2.75) is 5.75 Å². The normalized spacial score (nSPS) is 12.1. The first-order valence-electron chi connectivity index (χ1n) is 4.39. The van der Waals surface area contributed by atoms with Crippen LogP contribution in [0.5, 0.6) is 0 Å². The molecule has 0 saturated heterocycles. The molecule has 0 atom stereocenters. The van der Waals surface area contributed by atoms with Crippen LogP contribution in [0.3, 0.4) is 0 Å². The molecule has 1 aromatic carbocycles. The van der Waals surface area contributed by atoms with Gasteiger partial charge in [0.2, 0.25) is 0 Å². The van der Waals surface area contributed by atoms with Gasteiger partial charge in [0.1, 0.15) is 0 Å². The Kier molecular flexibility index (Phi) is 2.60. The Morgan fingerprint density at radius 2 is 2.13 bits per heavy atom. The van der Waals surface area contributed by atoms with E-state index in [1.54, 1.807) is 6.20 Å². The van der Waals surface area contributed by atoms with Crippen LogP contribution < -0.4 is 0 Å². The number of sulfone groups is 1. The number of rotatable bonds is 2. The second-order valence-corrected chi connectivity index (χ2v) is 6.63. The Morgan fingerprint density at radius 3 is 2.80 bits per heavy atom. The molecule has 0 bridgehead atoms. The van der Waals surface area contributed by atoms with Crippen molar-refractivity contribution < 1.29 is 8.42 Å². The number of nitrogens with one attached hydrogen (secondary N) is 1. The molecule has 2 aromatic rings. The SMILES string of the molecule is CS(=O)(=O)Cc1c[nH]c2cc(Br)ccc12. The molecule has 1 heterocycles. The molecule has 3 nitrogen and oxygen atoms in total. The first-order valence-corrected chi connectivity index (χ1v) is 7.24. The number of aromatic amines is 1. The minimum atomic E-state index is -2.98. The van der Waals surface area contributed by atoms with Gasteiger partial charge < -0.3 is 4.98 Å². The van der Waals surface area contributed by atoms with Gasteiger partial charge in [-0.15, -0.1) is 0 Å². The number of hydrogen-bond donors (Lipinski definition) is 1. The lowest BCUT2D eigenvalue weighted by Crippen LogP contribution is -1.99. The Balaban J connectivity index is 2.55. The Morgan fingerprint density at radius 1 is 1.40 bits per heavy atom. The first-order chi connectivity index (χ1) is 6.96. The summed E-state index contributed by atoms with van der Waals surface area (Å²) in [5, 5.41) is 0.962. The number of benzene rings is 1. The van der Waals surface area contributed by atoms with Crippen molar-refractivity contribution in [3.63, 3.8) is 0 Å². The molecule has 0 fully saturated rings. The van der Waals surface area contributed by atoms with Crippen LogP contribution in [0, 0.1) is 0 Å². The quantitative estimate of drug-likeness (QED) is 0.923. The van der Waals surface area contributed by atoms with Gasteiger partial charge >= 0.3 is 0 Å². The average Bonchev–Trinajstić information content (AvgIpc) is 2.45. The highest BCUT2D eigenvalue weighted by Gasteiger charge is 2.09. The van der Waals surface area contributed by atoms with Gasteiger partial charge in [-0.3, -0.25) is 0 Å². The van der Waals surface area contributed by atoms with Crippen molar-refractivity contribution in [2.24, 2.45) is 0 Å². The van der Waals surface area contributed by atoms with Crippen molar-refractivity contribution in [1.82, 2.24) is 4.98 Å². The summed E-state index contributed by atoms with van der Waals surface area (Å²) in [5.74, 6) is 0.0780. The van der Waals surface area contributed by atoms with E-state index in [9.17, 15) is 8.42 Å². The molecule has 0 aliphatic heterocycles. The van der Waals surface area contributed by atoms with Gasteiger partial charge in [-0.05, 0) is 17.7 Å². The van der Waals surface area contributed by atoms with Crippen molar-refractivity contribution >= 4 is 36.7 Å². The van der Waals surface area contributed by atoms with Gasteiger partial charge in [0.15, 0.2) is 9.84 Å². The second kappa shape index (κ2) is 3.64. The third kappa shape index (κ3) is 2.41. The highest BCUT2D eigenvalue weighted by molar-refractivity contribution is 9.10. The van der Waals surface area contributed by atoms with Crippen molar-refractivity contribution in [3.05, 3.63) is 34.4 Å². The van der Waals surface area contributed by atoms with E-state index in [2.05, 4.69) is 20.9 Å². The van der Waals surface area contributed by atoms with Crippen LogP contribution in [-0.2, 0) is 15.6 Å². The zero-order valence-electron chi connectivity index (χ0n) is 8.12. The lowest BCUT2D eigenvalue weighted by atomic mass is 10.2. The molecular formula is C10H10BrNO2S. The first kappa shape index (κ1) is 10.7. The molecule has 0 amide bonds. The maximum Gasteiger partial charge on any atom is 0.151 e. The van der Waals surface area contributed by atoms with Crippen molar-refractivity contribution in [3.8, 4) is 0 Å². The highest BCUT2D eigenvalue weighted by atomic mass is 79.9. The maximum absolute atomic E-state index is 11.2. The monoisotopic (exact) mass is 287 g/mol. The van der Waals surface area contributed by atoms with Gasteiger partial charge in [0.25, 0.3) is 0 Å². The number of H-pyrrole nitrogens is 1. The van der Waals surface area contributed by atoms with E-state index < -0.39 is 9.84 Å². The average molecular weight is 288 g/mol. The molecule has 5 heteroatoms. The van der Waals surface area contributed by atoms with Crippen LogP contribution in [0.1, 0.15) is 5.56 Å². The van der Waals surface area contributed by atoms with E-state index >= 15 is 0 Å². The van der Waals surface area contributed by atoms with Crippen LogP contribution in [0.25, 0.3) is 10.9 Å². The van der Waals surface area contributed by atoms with Crippen LogP contribution in [0.4, 0.5) is 0 Å². The fourth-order valence-corrected chi connectivity index (χ4v) is 2.73. The number of aromatic nitrogens is 1. The predicted molar refractivity (Wildman–Crippen MR) is 64.5 cm³/mol. The summed E-state index contributed by atoms with van der Waals surface area (Å²) in [6.45, 7) is 0. The van der Waals surface area contributed by atoms with Crippen molar-refractivity contribution in [1.29, 1.82) is 0 Å². The smallest absolute Gasteiger partial charge is 0.151 e. The Labute approximate surface area is 96.5 Å². The zero-order valence-corrected chi connectivity index (χ0v) is 10.5. The molecule has 0 radical (unpaired) electrons. The number of hydrogen-bond acceptors (Lipinski definition) is 2. The summed E-state index contributed by atoms with van der Waals surface area (Å²) in [7, 11) is -2.98. The molecule has 2 rings (SSSR count). The van der Waals surface area contributed by atoms with E-state index in [1.165, 1.54) is 6.26 Å². The molecule has 80 valence electrons. The van der Waals surface area contributed by atoms with Crippen LogP contribution in [0.15, 0.2) is 28.9 Å². The lowest BCUT2D eigenvalue weighted by molar-refractivity contribution is 0.601. The summed E-state index contributed by atoms with van der Waals surface area (Å²) in [6, 6.07) is 5.75. The second-order valence-electron chi connectivity index (χ2n) is 3.57. The molecule has 1 N–H and O–H groups in total. The lowest BCUT2D eigenvalue weighted by Gasteiger charge is -1.97. The van der Waals surface area contributed by atoms with Crippen LogP contribution >= 0.6 is 15.9 Å². The number of fused-ring (bicyclic) bond motifs is 1. The molecular weight excluding hydrogens is 278 g/mol. The molecule has 0 aliphatic carbocycles. The summed E-state index contributed by atoms with van der Waals surface area (Å²) in [6.07, 6.45) is 2.99. The Hall–Kier alpha value is -0.810. The minimum Gasteiger partial charge on any atom is -0.361 e. The van der Waals surface area contributed by atoms with E-state index in [4.69, 9.17) is 0 Å². The maximum atomic E-state index is 11.2. The van der Waals surface area contributed by atoms with Crippen molar-refractivity contribution in [2.75, 3.05) is 6.26 Å². The minimum absolute atomic E-state index is 0.0780. The van der Waals surface area contributed by atoms with Gasteiger partial charge in [-0.2, -0.15) is 0 Å². The van der Waals surface area contributed by atoms with Gasteiger partial charge in [-0.25, -0.2) is 8.42 Å². The summed E-state index contributed by atoms with van der Waals surface area (Å²) in [5.41, 5.74) is 1.77. The fraction of sp³-hybridized carbons (Fsp3) is 0.200. The van der Waals surface area contributed by atoms with Crippen LogP contribution in [0.2, 0.25) is 0 Å². The van der Waals surface area contributed by atoms with E-state index in [0.29, 0.717) is 0 Å². The zero-order chi connectivity index (χ0) is 11.1. The molecule has 0 aliphatic rings. The standard InChI is InChI=1S/C10H10BrNO2S/c1-15(13,14)6-7-5-12-10-4-8(11)2-3-9(7)10/h2-5,12H,6H2,1H3. The fourth-order valence-electron chi connectivity index (χ4n) is 1.56. The largest absolute Gasteiger partial charge is 0.361 e. The van der Waals surface area contributed by atoms with E-state index in [0.717, 1.165) is 20.9 Å². The molecule has 0 saturated carbocycles. The molecule has 0 unspecified atom stereocenters. The summed E-state index contributed by atoms with van der Waals surface area (Å²) < 4.78 is 23.3. The summed E-state index contributed by atoms with van der Waals surface area (Å²) in [4.78, 5) is 3.06. The van der Waals surface area contributed by atoms with Gasteiger partial charge in [-0.1, -0.05) is 22.0 Å². The topological polar surface area (TPSA) is 49.9 Å².